The van der Waals surface area contributed by atoms with E-state index in [2.05, 4.69) is 21.8 Å². The molecule has 1 fully saturated rings. The number of primary amides is 1. The molecule has 7 heteroatoms. The van der Waals surface area contributed by atoms with Gasteiger partial charge in [0.2, 0.25) is 5.91 Å². The van der Waals surface area contributed by atoms with Crippen molar-refractivity contribution < 1.29 is 4.79 Å². The summed E-state index contributed by atoms with van der Waals surface area (Å²) in [5, 5.41) is 11.3. The summed E-state index contributed by atoms with van der Waals surface area (Å²) in [5.74, 6) is 1.17. The fourth-order valence-electron chi connectivity index (χ4n) is 3.74. The van der Waals surface area contributed by atoms with Crippen LogP contribution in [-0.4, -0.2) is 26.7 Å². The maximum absolute atomic E-state index is 11.3. The van der Waals surface area contributed by atoms with E-state index in [4.69, 9.17) is 10.7 Å². The highest BCUT2D eigenvalue weighted by molar-refractivity contribution is 5.93. The molecule has 1 aliphatic carbocycles. The number of hydrogen-bond acceptors (Lipinski definition) is 5. The Balaban J connectivity index is 1.61. The minimum absolute atomic E-state index is 0.436. The molecular formula is C22H26N6O. The molecular weight excluding hydrogens is 364 g/mol. The van der Waals surface area contributed by atoms with Crippen LogP contribution in [0.3, 0.4) is 0 Å². The van der Waals surface area contributed by atoms with Crippen LogP contribution in [0.5, 0.6) is 0 Å². The molecule has 29 heavy (non-hydrogen) atoms. The van der Waals surface area contributed by atoms with Crippen LogP contribution in [0.25, 0.3) is 11.1 Å². The summed E-state index contributed by atoms with van der Waals surface area (Å²) in [6, 6.07) is 11.5. The third-order valence-corrected chi connectivity index (χ3v) is 5.30. The predicted octanol–water partition coefficient (Wildman–Crippen LogP) is 4.07. The maximum atomic E-state index is 11.3. The normalized spacial score (nSPS) is 14.5. The average molecular weight is 390 g/mol. The SMILES string of the molecule is Cn1cc(-c2ccc(Nc3ccc(C(N)=O)cc3)nc2NC2CCCCC2)cn1. The molecule has 1 aromatic carbocycles. The number of anilines is 3. The summed E-state index contributed by atoms with van der Waals surface area (Å²) < 4.78 is 1.80. The molecule has 0 spiro atoms. The average Bonchev–Trinajstić information content (AvgIpc) is 3.15. The molecule has 3 aromatic rings. The Morgan fingerprint density at radius 3 is 2.52 bits per heavy atom. The summed E-state index contributed by atoms with van der Waals surface area (Å²) >= 11 is 0. The first-order chi connectivity index (χ1) is 14.1. The van der Waals surface area contributed by atoms with E-state index < -0.39 is 5.91 Å². The highest BCUT2D eigenvalue weighted by Gasteiger charge is 2.17. The van der Waals surface area contributed by atoms with Crippen LogP contribution >= 0.6 is 0 Å². The molecule has 1 saturated carbocycles. The van der Waals surface area contributed by atoms with Crippen molar-refractivity contribution in [2.75, 3.05) is 10.6 Å². The van der Waals surface area contributed by atoms with E-state index in [1.54, 1.807) is 16.8 Å². The van der Waals surface area contributed by atoms with E-state index in [0.29, 0.717) is 11.6 Å². The number of carbonyl (C=O) groups is 1. The third kappa shape index (κ3) is 4.56. The first-order valence-electron chi connectivity index (χ1n) is 10.0. The van der Waals surface area contributed by atoms with Crippen molar-refractivity contribution in [3.05, 3.63) is 54.4 Å². The molecule has 7 nitrogen and oxygen atoms in total. The molecule has 0 atom stereocenters. The van der Waals surface area contributed by atoms with Crippen LogP contribution in [0.2, 0.25) is 0 Å². The van der Waals surface area contributed by atoms with Crippen LogP contribution in [0.15, 0.2) is 48.8 Å². The van der Waals surface area contributed by atoms with Crippen molar-refractivity contribution in [2.24, 2.45) is 12.8 Å². The molecule has 150 valence electrons. The lowest BCUT2D eigenvalue weighted by atomic mass is 9.95. The number of nitrogens with two attached hydrogens (primary N) is 1. The molecule has 4 N–H and O–H groups in total. The van der Waals surface area contributed by atoms with Crippen LogP contribution in [0, 0.1) is 0 Å². The molecule has 1 aliphatic rings. The number of carbonyl (C=O) groups excluding carboxylic acids is 1. The minimum Gasteiger partial charge on any atom is -0.367 e. The number of amides is 1. The number of nitrogens with one attached hydrogen (secondary N) is 2. The summed E-state index contributed by atoms with van der Waals surface area (Å²) in [6.07, 6.45) is 10.0. The molecule has 1 amide bonds. The Bertz CT molecular complexity index is 989. The Hall–Kier alpha value is -3.35. The van der Waals surface area contributed by atoms with E-state index in [1.165, 1.54) is 32.1 Å². The Kier molecular flexibility index (Phi) is 5.46. The van der Waals surface area contributed by atoms with Gasteiger partial charge in [0.25, 0.3) is 0 Å². The topological polar surface area (TPSA) is 97.9 Å². The quantitative estimate of drug-likeness (QED) is 0.589. The van der Waals surface area contributed by atoms with Gasteiger partial charge in [-0.3, -0.25) is 9.48 Å². The number of aryl methyl sites for hydroxylation is 1. The van der Waals surface area contributed by atoms with Crippen LogP contribution in [-0.2, 0) is 7.05 Å². The lowest BCUT2D eigenvalue weighted by Crippen LogP contribution is -2.23. The number of hydrogen-bond donors (Lipinski definition) is 3. The fourth-order valence-corrected chi connectivity index (χ4v) is 3.74. The molecule has 4 rings (SSSR count). The highest BCUT2D eigenvalue weighted by atomic mass is 16.1. The van der Waals surface area contributed by atoms with Gasteiger partial charge >= 0.3 is 0 Å². The van der Waals surface area contributed by atoms with Gasteiger partial charge in [-0.15, -0.1) is 0 Å². The zero-order valence-corrected chi connectivity index (χ0v) is 16.6. The molecule has 0 aliphatic heterocycles. The van der Waals surface area contributed by atoms with Crippen molar-refractivity contribution in [1.82, 2.24) is 14.8 Å². The fraction of sp³-hybridized carbons (Fsp3) is 0.318. The van der Waals surface area contributed by atoms with Crippen LogP contribution in [0.4, 0.5) is 17.3 Å². The number of pyridine rings is 1. The van der Waals surface area contributed by atoms with Crippen LogP contribution in [0.1, 0.15) is 42.5 Å². The van der Waals surface area contributed by atoms with Gasteiger partial charge in [0, 0.05) is 41.7 Å². The highest BCUT2D eigenvalue weighted by Crippen LogP contribution is 2.31. The summed E-state index contributed by atoms with van der Waals surface area (Å²) in [5.41, 5.74) is 8.72. The summed E-state index contributed by atoms with van der Waals surface area (Å²) in [4.78, 5) is 16.1. The molecule has 0 radical (unpaired) electrons. The molecule has 0 saturated heterocycles. The van der Waals surface area contributed by atoms with E-state index in [1.807, 2.05) is 37.6 Å². The second kappa shape index (κ2) is 8.34. The summed E-state index contributed by atoms with van der Waals surface area (Å²) in [6.45, 7) is 0. The van der Waals surface area contributed by atoms with Gasteiger partial charge in [-0.2, -0.15) is 5.10 Å². The van der Waals surface area contributed by atoms with Crippen molar-refractivity contribution in [2.45, 2.75) is 38.1 Å². The monoisotopic (exact) mass is 390 g/mol. The van der Waals surface area contributed by atoms with Gasteiger partial charge < -0.3 is 16.4 Å². The maximum Gasteiger partial charge on any atom is 0.248 e. The van der Waals surface area contributed by atoms with Gasteiger partial charge in [-0.05, 0) is 49.2 Å². The Labute approximate surface area is 170 Å². The van der Waals surface area contributed by atoms with Gasteiger partial charge in [0.1, 0.15) is 11.6 Å². The lowest BCUT2D eigenvalue weighted by Gasteiger charge is -2.24. The Morgan fingerprint density at radius 1 is 1.10 bits per heavy atom. The Morgan fingerprint density at radius 2 is 1.86 bits per heavy atom. The van der Waals surface area contributed by atoms with Crippen molar-refractivity contribution in [3.63, 3.8) is 0 Å². The molecule has 2 heterocycles. The van der Waals surface area contributed by atoms with E-state index in [9.17, 15) is 4.79 Å². The van der Waals surface area contributed by atoms with E-state index in [-0.39, 0.29) is 0 Å². The van der Waals surface area contributed by atoms with Crippen molar-refractivity contribution in [1.29, 1.82) is 0 Å². The van der Waals surface area contributed by atoms with Gasteiger partial charge in [0.05, 0.1) is 6.20 Å². The third-order valence-electron chi connectivity index (χ3n) is 5.30. The van der Waals surface area contributed by atoms with Gasteiger partial charge in [-0.1, -0.05) is 19.3 Å². The summed E-state index contributed by atoms with van der Waals surface area (Å²) in [7, 11) is 1.91. The zero-order chi connectivity index (χ0) is 20.2. The second-order valence-corrected chi connectivity index (χ2v) is 7.54. The van der Waals surface area contributed by atoms with Gasteiger partial charge in [-0.25, -0.2) is 4.98 Å². The smallest absolute Gasteiger partial charge is 0.248 e. The molecule has 0 unspecified atom stereocenters. The molecule has 0 bridgehead atoms. The second-order valence-electron chi connectivity index (χ2n) is 7.54. The molecule has 2 aromatic heterocycles. The standard InChI is InChI=1S/C22H26N6O/c1-28-14-16(13-24-28)19-11-12-20(25-18-9-7-15(8-10-18)21(23)29)27-22(19)26-17-5-3-2-4-6-17/h7-14,17H,2-6H2,1H3,(H2,23,29)(H2,25,26,27). The predicted molar refractivity (Wildman–Crippen MR) is 115 cm³/mol. The first-order valence-corrected chi connectivity index (χ1v) is 10.0. The van der Waals surface area contributed by atoms with E-state index >= 15 is 0 Å². The van der Waals surface area contributed by atoms with Crippen molar-refractivity contribution >= 4 is 23.2 Å². The van der Waals surface area contributed by atoms with Crippen LogP contribution < -0.4 is 16.4 Å². The minimum atomic E-state index is -0.436. The first kappa shape index (κ1) is 19.0. The van der Waals surface area contributed by atoms with E-state index in [0.717, 1.165) is 28.5 Å². The number of aromatic nitrogens is 3. The van der Waals surface area contributed by atoms with Gasteiger partial charge in [0.15, 0.2) is 0 Å². The van der Waals surface area contributed by atoms with Crippen molar-refractivity contribution in [3.8, 4) is 11.1 Å². The number of nitrogens with zero attached hydrogens (tertiary/aromatic N) is 3. The largest absolute Gasteiger partial charge is 0.367 e. The number of benzene rings is 1. The number of rotatable bonds is 6. The lowest BCUT2D eigenvalue weighted by molar-refractivity contribution is 0.100. The zero-order valence-electron chi connectivity index (χ0n) is 16.6.